The van der Waals surface area contributed by atoms with E-state index in [2.05, 4.69) is 20.8 Å². The summed E-state index contributed by atoms with van der Waals surface area (Å²) in [6, 6.07) is 0. The minimum absolute atomic E-state index is 0.400. The van der Waals surface area contributed by atoms with Crippen LogP contribution in [0.3, 0.4) is 0 Å². The summed E-state index contributed by atoms with van der Waals surface area (Å²) in [4.78, 5) is 0. The first-order chi connectivity index (χ1) is 5.61. The molecule has 0 aromatic carbocycles. The van der Waals surface area contributed by atoms with E-state index in [1.165, 1.54) is 19.3 Å². The fraction of sp³-hybridized carbons (Fsp3) is 1.00. The molecule has 2 saturated carbocycles. The van der Waals surface area contributed by atoms with E-state index in [4.69, 9.17) is 0 Å². The molecule has 1 heteroatoms. The first-order valence-electron chi connectivity index (χ1n) is 5.22. The van der Waals surface area contributed by atoms with Gasteiger partial charge in [-0.3, -0.25) is 0 Å². The van der Waals surface area contributed by atoms with Gasteiger partial charge >= 0.3 is 0 Å². The van der Waals surface area contributed by atoms with Gasteiger partial charge in [0.15, 0.2) is 0 Å². The minimum atomic E-state index is 0.400. The molecule has 0 aromatic heterocycles. The number of hydrogen-bond donors (Lipinski definition) is 1. The largest absolute Gasteiger partial charge is 0.396 e. The van der Waals surface area contributed by atoms with E-state index < -0.39 is 0 Å². The van der Waals surface area contributed by atoms with Gasteiger partial charge in [-0.2, -0.15) is 0 Å². The van der Waals surface area contributed by atoms with Crippen LogP contribution in [-0.2, 0) is 0 Å². The third-order valence-electron chi connectivity index (χ3n) is 4.68. The molecule has 0 saturated heterocycles. The van der Waals surface area contributed by atoms with Crippen LogP contribution in [0.1, 0.15) is 40.0 Å². The summed E-state index contributed by atoms with van der Waals surface area (Å²) in [5.41, 5.74) is 0.930. The molecule has 2 aliphatic carbocycles. The lowest BCUT2D eigenvalue weighted by Crippen LogP contribution is -2.10. The third-order valence-corrected chi connectivity index (χ3v) is 4.68. The zero-order valence-corrected chi connectivity index (χ0v) is 8.43. The van der Waals surface area contributed by atoms with Gasteiger partial charge in [-0.15, -0.1) is 0 Å². The molecule has 0 bridgehead atoms. The molecule has 0 radical (unpaired) electrons. The highest BCUT2D eigenvalue weighted by molar-refractivity contribution is 5.21. The second kappa shape index (κ2) is 2.25. The van der Waals surface area contributed by atoms with Crippen LogP contribution >= 0.6 is 0 Å². The van der Waals surface area contributed by atoms with Gasteiger partial charge in [0.2, 0.25) is 0 Å². The molecule has 12 heavy (non-hydrogen) atoms. The molecular formula is C11H20O. The molecule has 0 spiro atoms. The number of hydrogen-bond acceptors (Lipinski definition) is 1. The maximum absolute atomic E-state index is 9.29. The second-order valence-electron chi connectivity index (χ2n) is 5.13. The highest BCUT2D eigenvalue weighted by Crippen LogP contribution is 2.78. The number of rotatable bonds is 3. The van der Waals surface area contributed by atoms with Crippen molar-refractivity contribution in [2.24, 2.45) is 22.7 Å². The molecule has 0 aliphatic heterocycles. The molecule has 2 unspecified atom stereocenters. The Morgan fingerprint density at radius 2 is 1.92 bits per heavy atom. The quantitative estimate of drug-likeness (QED) is 0.686. The summed E-state index contributed by atoms with van der Waals surface area (Å²) >= 11 is 0. The molecule has 1 nitrogen and oxygen atoms in total. The van der Waals surface area contributed by atoms with Gasteiger partial charge in [-0.05, 0) is 41.9 Å². The topological polar surface area (TPSA) is 20.2 Å². The summed E-state index contributed by atoms with van der Waals surface area (Å²) in [7, 11) is 0. The average Bonchev–Trinajstić information content (AvgIpc) is 2.85. The smallest absolute Gasteiger partial charge is 0.0470 e. The summed E-state index contributed by atoms with van der Waals surface area (Å²) in [6.45, 7) is 7.35. The van der Waals surface area contributed by atoms with Gasteiger partial charge in [-0.25, -0.2) is 0 Å². The normalized spacial score (nSPS) is 44.5. The van der Waals surface area contributed by atoms with Gasteiger partial charge in [0.1, 0.15) is 0 Å². The number of aliphatic hydroxyl groups excluding tert-OH is 1. The molecule has 2 rings (SSSR count). The molecule has 2 atom stereocenters. The highest BCUT2D eigenvalue weighted by Gasteiger charge is 2.73. The lowest BCUT2D eigenvalue weighted by molar-refractivity contribution is 0.235. The Balaban J connectivity index is 2.19. The Hall–Kier alpha value is -0.0400. The lowest BCUT2D eigenvalue weighted by Gasteiger charge is -2.17. The lowest BCUT2D eigenvalue weighted by atomic mass is 9.88. The van der Waals surface area contributed by atoms with Gasteiger partial charge in [0.05, 0.1) is 0 Å². The molecule has 1 N–H and O–H groups in total. The monoisotopic (exact) mass is 168 g/mol. The van der Waals surface area contributed by atoms with Crippen molar-refractivity contribution in [3.05, 3.63) is 0 Å². The zero-order chi connectivity index (χ0) is 8.98. The molecule has 2 aliphatic rings. The van der Waals surface area contributed by atoms with Crippen LogP contribution in [0.5, 0.6) is 0 Å². The Labute approximate surface area is 75.2 Å². The second-order valence-corrected chi connectivity index (χ2v) is 5.13. The van der Waals surface area contributed by atoms with E-state index in [1.54, 1.807) is 0 Å². The van der Waals surface area contributed by atoms with Crippen LogP contribution in [0, 0.1) is 22.7 Å². The van der Waals surface area contributed by atoms with Crippen LogP contribution in [-0.4, -0.2) is 11.7 Å². The van der Waals surface area contributed by atoms with Crippen molar-refractivity contribution < 1.29 is 5.11 Å². The van der Waals surface area contributed by atoms with Crippen molar-refractivity contribution in [1.29, 1.82) is 0 Å². The molecule has 0 aromatic rings. The zero-order valence-electron chi connectivity index (χ0n) is 8.43. The standard InChI is InChI=1S/C11H20O/c1-4-11(8-5-6-8)9(7-12)10(11,2)3/h8-9,12H,4-7H2,1-3H3. The van der Waals surface area contributed by atoms with E-state index in [9.17, 15) is 5.11 Å². The van der Waals surface area contributed by atoms with E-state index in [0.717, 1.165) is 5.92 Å². The SMILES string of the molecule is CCC1(C2CC2)C(CO)C1(C)C. The summed E-state index contributed by atoms with van der Waals surface area (Å²) in [6.07, 6.45) is 4.08. The highest BCUT2D eigenvalue weighted by atomic mass is 16.3. The van der Waals surface area contributed by atoms with Gasteiger partial charge < -0.3 is 5.11 Å². The third kappa shape index (κ3) is 0.736. The Bertz CT molecular complexity index is 193. The summed E-state index contributed by atoms with van der Waals surface area (Å²) < 4.78 is 0. The van der Waals surface area contributed by atoms with Crippen molar-refractivity contribution in [3.8, 4) is 0 Å². The molecule has 0 heterocycles. The summed E-state index contributed by atoms with van der Waals surface area (Å²) in [5.74, 6) is 1.53. The van der Waals surface area contributed by atoms with E-state index in [-0.39, 0.29) is 0 Å². The van der Waals surface area contributed by atoms with Crippen molar-refractivity contribution in [3.63, 3.8) is 0 Å². The predicted molar refractivity (Wildman–Crippen MR) is 49.8 cm³/mol. The number of aliphatic hydroxyl groups is 1. The predicted octanol–water partition coefficient (Wildman–Crippen LogP) is 2.44. The van der Waals surface area contributed by atoms with Crippen molar-refractivity contribution in [2.45, 2.75) is 40.0 Å². The van der Waals surface area contributed by atoms with E-state index in [1.807, 2.05) is 0 Å². The van der Waals surface area contributed by atoms with Gasteiger partial charge in [-0.1, -0.05) is 20.8 Å². The Morgan fingerprint density at radius 1 is 1.33 bits per heavy atom. The van der Waals surface area contributed by atoms with Crippen LogP contribution in [0.2, 0.25) is 0 Å². The van der Waals surface area contributed by atoms with Crippen LogP contribution in [0.4, 0.5) is 0 Å². The fourth-order valence-electron chi connectivity index (χ4n) is 3.79. The van der Waals surface area contributed by atoms with Crippen molar-refractivity contribution >= 4 is 0 Å². The Kier molecular flexibility index (Phi) is 1.61. The first kappa shape index (κ1) is 8.55. The maximum atomic E-state index is 9.29. The van der Waals surface area contributed by atoms with Gasteiger partial charge in [0.25, 0.3) is 0 Å². The van der Waals surface area contributed by atoms with Crippen LogP contribution < -0.4 is 0 Å². The minimum Gasteiger partial charge on any atom is -0.396 e. The van der Waals surface area contributed by atoms with Crippen molar-refractivity contribution in [2.75, 3.05) is 6.61 Å². The Morgan fingerprint density at radius 3 is 2.17 bits per heavy atom. The van der Waals surface area contributed by atoms with E-state index >= 15 is 0 Å². The fourth-order valence-corrected chi connectivity index (χ4v) is 3.79. The summed E-state index contributed by atoms with van der Waals surface area (Å²) in [5, 5.41) is 9.29. The molecular weight excluding hydrogens is 148 g/mol. The van der Waals surface area contributed by atoms with Crippen molar-refractivity contribution in [1.82, 2.24) is 0 Å². The average molecular weight is 168 g/mol. The van der Waals surface area contributed by atoms with Gasteiger partial charge in [0, 0.05) is 6.61 Å². The maximum Gasteiger partial charge on any atom is 0.0470 e. The van der Waals surface area contributed by atoms with Crippen LogP contribution in [0.15, 0.2) is 0 Å². The molecule has 0 amide bonds. The first-order valence-corrected chi connectivity index (χ1v) is 5.22. The van der Waals surface area contributed by atoms with E-state index in [0.29, 0.717) is 23.4 Å². The van der Waals surface area contributed by atoms with Crippen LogP contribution in [0.25, 0.3) is 0 Å². The molecule has 70 valence electrons. The molecule has 2 fully saturated rings.